The first-order valence-electron chi connectivity index (χ1n) is 6.15. The SMILES string of the molecule is COc1cc(C2CN(CCN)CCO2)ccc1O. The molecule has 1 heterocycles. The van der Waals surface area contributed by atoms with Crippen molar-refractivity contribution in [3.8, 4) is 11.5 Å². The van der Waals surface area contributed by atoms with E-state index in [2.05, 4.69) is 4.90 Å². The van der Waals surface area contributed by atoms with Gasteiger partial charge in [0.2, 0.25) is 0 Å². The summed E-state index contributed by atoms with van der Waals surface area (Å²) >= 11 is 0. The number of hydrogen-bond donors (Lipinski definition) is 2. The number of rotatable bonds is 4. The number of ether oxygens (including phenoxy) is 2. The average Bonchev–Trinajstić information content (AvgIpc) is 2.40. The van der Waals surface area contributed by atoms with Gasteiger partial charge in [0.15, 0.2) is 11.5 Å². The van der Waals surface area contributed by atoms with Gasteiger partial charge in [-0.15, -0.1) is 0 Å². The molecule has 0 saturated carbocycles. The van der Waals surface area contributed by atoms with Crippen molar-refractivity contribution in [2.75, 3.05) is 39.9 Å². The maximum absolute atomic E-state index is 9.58. The largest absolute Gasteiger partial charge is 0.504 e. The van der Waals surface area contributed by atoms with E-state index in [-0.39, 0.29) is 11.9 Å². The van der Waals surface area contributed by atoms with Crippen LogP contribution >= 0.6 is 0 Å². The molecule has 1 aliphatic heterocycles. The summed E-state index contributed by atoms with van der Waals surface area (Å²) in [6.07, 6.45) is 0.0137. The highest BCUT2D eigenvalue weighted by atomic mass is 16.5. The first kappa shape index (κ1) is 13.1. The summed E-state index contributed by atoms with van der Waals surface area (Å²) in [7, 11) is 1.54. The molecule has 5 heteroatoms. The summed E-state index contributed by atoms with van der Waals surface area (Å²) in [5, 5.41) is 9.58. The van der Waals surface area contributed by atoms with Crippen LogP contribution in [0, 0.1) is 0 Å². The summed E-state index contributed by atoms with van der Waals surface area (Å²) in [4.78, 5) is 2.29. The van der Waals surface area contributed by atoms with Crippen molar-refractivity contribution < 1.29 is 14.6 Å². The summed E-state index contributed by atoms with van der Waals surface area (Å²) in [6.45, 7) is 3.99. The highest BCUT2D eigenvalue weighted by molar-refractivity contribution is 5.42. The van der Waals surface area contributed by atoms with Gasteiger partial charge in [0.1, 0.15) is 0 Å². The van der Waals surface area contributed by atoms with Crippen molar-refractivity contribution in [3.05, 3.63) is 23.8 Å². The third-order valence-electron chi connectivity index (χ3n) is 3.17. The third-order valence-corrected chi connectivity index (χ3v) is 3.17. The van der Waals surface area contributed by atoms with Crippen LogP contribution in [0.4, 0.5) is 0 Å². The number of morpholine rings is 1. The van der Waals surface area contributed by atoms with Crippen LogP contribution in [0.15, 0.2) is 18.2 Å². The molecule has 3 N–H and O–H groups in total. The molecule has 18 heavy (non-hydrogen) atoms. The maximum atomic E-state index is 9.58. The molecule has 1 aromatic rings. The lowest BCUT2D eigenvalue weighted by molar-refractivity contribution is -0.0289. The van der Waals surface area contributed by atoms with Crippen molar-refractivity contribution >= 4 is 0 Å². The summed E-state index contributed by atoms with van der Waals surface area (Å²) in [5.41, 5.74) is 6.59. The van der Waals surface area contributed by atoms with Gasteiger partial charge >= 0.3 is 0 Å². The Morgan fingerprint density at radius 2 is 2.39 bits per heavy atom. The van der Waals surface area contributed by atoms with Crippen LogP contribution in [-0.4, -0.2) is 49.9 Å². The molecule has 0 aromatic heterocycles. The molecule has 0 radical (unpaired) electrons. The standard InChI is InChI=1S/C13H20N2O3/c1-17-12-8-10(2-3-11(12)16)13-9-15(5-4-14)6-7-18-13/h2-3,8,13,16H,4-7,9,14H2,1H3. The highest BCUT2D eigenvalue weighted by Gasteiger charge is 2.22. The fourth-order valence-corrected chi connectivity index (χ4v) is 2.18. The summed E-state index contributed by atoms with van der Waals surface area (Å²) in [5.74, 6) is 0.628. The van der Waals surface area contributed by atoms with Crippen LogP contribution in [0.25, 0.3) is 0 Å². The first-order chi connectivity index (χ1) is 8.74. The van der Waals surface area contributed by atoms with Gasteiger partial charge in [0.05, 0.1) is 19.8 Å². The van der Waals surface area contributed by atoms with Crippen molar-refractivity contribution in [3.63, 3.8) is 0 Å². The quantitative estimate of drug-likeness (QED) is 0.827. The number of phenolic OH excluding ortho intramolecular Hbond substituents is 1. The van der Waals surface area contributed by atoms with Crippen molar-refractivity contribution in [2.45, 2.75) is 6.10 Å². The molecule has 0 amide bonds. The van der Waals surface area contributed by atoms with Crippen molar-refractivity contribution in [1.82, 2.24) is 4.90 Å². The molecule has 1 aromatic carbocycles. The molecule has 0 spiro atoms. The minimum atomic E-state index is 0.0137. The molecule has 1 atom stereocenters. The van der Waals surface area contributed by atoms with Crippen LogP contribution in [0.1, 0.15) is 11.7 Å². The van der Waals surface area contributed by atoms with Crippen LogP contribution in [-0.2, 0) is 4.74 Å². The molecule has 1 fully saturated rings. The molecular formula is C13H20N2O3. The number of methoxy groups -OCH3 is 1. The normalized spacial score (nSPS) is 20.9. The number of nitrogens with zero attached hydrogens (tertiary/aromatic N) is 1. The average molecular weight is 252 g/mol. The van der Waals surface area contributed by atoms with E-state index in [1.54, 1.807) is 13.2 Å². The minimum absolute atomic E-state index is 0.0137. The van der Waals surface area contributed by atoms with Gasteiger partial charge in [0, 0.05) is 26.2 Å². The Hall–Kier alpha value is -1.30. The zero-order valence-corrected chi connectivity index (χ0v) is 10.6. The Kier molecular flexibility index (Phi) is 4.41. The van der Waals surface area contributed by atoms with Gasteiger partial charge in [-0.25, -0.2) is 0 Å². The third kappa shape index (κ3) is 2.93. The number of nitrogens with two attached hydrogens (primary N) is 1. The summed E-state index contributed by atoms with van der Waals surface area (Å²) in [6, 6.07) is 5.33. The molecule has 1 unspecified atom stereocenters. The number of aromatic hydroxyl groups is 1. The van der Waals surface area contributed by atoms with E-state index in [0.29, 0.717) is 18.9 Å². The van der Waals surface area contributed by atoms with Gasteiger partial charge in [-0.1, -0.05) is 6.07 Å². The Labute approximate surface area is 107 Å². The second-order valence-corrected chi connectivity index (χ2v) is 4.38. The Bertz CT molecular complexity index is 396. The predicted molar refractivity (Wildman–Crippen MR) is 68.8 cm³/mol. The lowest BCUT2D eigenvalue weighted by atomic mass is 10.1. The van der Waals surface area contributed by atoms with Gasteiger partial charge in [-0.2, -0.15) is 0 Å². The van der Waals surface area contributed by atoms with Crippen molar-refractivity contribution in [1.29, 1.82) is 0 Å². The van der Waals surface area contributed by atoms with E-state index in [0.717, 1.165) is 25.2 Å². The van der Waals surface area contributed by atoms with Crippen LogP contribution in [0.2, 0.25) is 0 Å². The Morgan fingerprint density at radius 3 is 3.11 bits per heavy atom. The zero-order chi connectivity index (χ0) is 13.0. The number of benzene rings is 1. The second-order valence-electron chi connectivity index (χ2n) is 4.38. The van der Waals surface area contributed by atoms with E-state index in [1.807, 2.05) is 12.1 Å². The lowest BCUT2D eigenvalue weighted by Crippen LogP contribution is -2.40. The Morgan fingerprint density at radius 1 is 1.56 bits per heavy atom. The van der Waals surface area contributed by atoms with Gasteiger partial charge < -0.3 is 20.3 Å². The fraction of sp³-hybridized carbons (Fsp3) is 0.538. The lowest BCUT2D eigenvalue weighted by Gasteiger charge is -2.32. The molecule has 1 saturated heterocycles. The van der Waals surface area contributed by atoms with Gasteiger partial charge in [-0.05, 0) is 17.7 Å². The molecule has 0 aliphatic carbocycles. The molecule has 5 nitrogen and oxygen atoms in total. The smallest absolute Gasteiger partial charge is 0.160 e. The maximum Gasteiger partial charge on any atom is 0.160 e. The number of phenols is 1. The van der Waals surface area contributed by atoms with Crippen molar-refractivity contribution in [2.24, 2.45) is 5.73 Å². The molecular weight excluding hydrogens is 232 g/mol. The fourth-order valence-electron chi connectivity index (χ4n) is 2.18. The van der Waals surface area contributed by atoms with E-state index >= 15 is 0 Å². The predicted octanol–water partition coefficient (Wildman–Crippen LogP) is 0.733. The highest BCUT2D eigenvalue weighted by Crippen LogP contribution is 2.31. The molecule has 100 valence electrons. The van der Waals surface area contributed by atoms with Crippen LogP contribution in [0.3, 0.4) is 0 Å². The van der Waals surface area contributed by atoms with E-state index < -0.39 is 0 Å². The monoisotopic (exact) mass is 252 g/mol. The minimum Gasteiger partial charge on any atom is -0.504 e. The zero-order valence-electron chi connectivity index (χ0n) is 10.6. The second kappa shape index (κ2) is 6.04. The van der Waals surface area contributed by atoms with Gasteiger partial charge in [-0.3, -0.25) is 4.90 Å². The molecule has 1 aliphatic rings. The van der Waals surface area contributed by atoms with Gasteiger partial charge in [0.25, 0.3) is 0 Å². The molecule has 2 rings (SSSR count). The molecule has 0 bridgehead atoms. The summed E-state index contributed by atoms with van der Waals surface area (Å²) < 4.78 is 10.9. The van der Waals surface area contributed by atoms with Crippen LogP contribution in [0.5, 0.6) is 11.5 Å². The number of hydrogen-bond acceptors (Lipinski definition) is 5. The Balaban J connectivity index is 2.10. The topological polar surface area (TPSA) is 68.0 Å². The van der Waals surface area contributed by atoms with Crippen LogP contribution < -0.4 is 10.5 Å². The van der Waals surface area contributed by atoms with E-state index in [9.17, 15) is 5.11 Å². The van der Waals surface area contributed by atoms with E-state index in [1.165, 1.54) is 0 Å². The van der Waals surface area contributed by atoms with E-state index in [4.69, 9.17) is 15.2 Å². The first-order valence-corrected chi connectivity index (χ1v) is 6.15.